The maximum Gasteiger partial charge on any atom is 0.426 e. The van der Waals surface area contributed by atoms with E-state index < -0.39 is 22.4 Å². The van der Waals surface area contributed by atoms with Crippen LogP contribution in [0.1, 0.15) is 47.5 Å². The van der Waals surface area contributed by atoms with Crippen molar-refractivity contribution in [3.8, 4) is 0 Å². The fourth-order valence-electron chi connectivity index (χ4n) is 4.60. The molecule has 0 radical (unpaired) electrons. The van der Waals surface area contributed by atoms with E-state index in [1.165, 1.54) is 18.2 Å². The molecule has 0 amide bonds. The van der Waals surface area contributed by atoms with Gasteiger partial charge in [0.25, 0.3) is 0 Å². The minimum Gasteiger partial charge on any atom is -0.508 e. The number of ether oxygens (including phenoxy) is 1. The summed E-state index contributed by atoms with van der Waals surface area (Å²) in [6.07, 6.45) is 13.5. The van der Waals surface area contributed by atoms with E-state index in [1.54, 1.807) is 50.3 Å². The third kappa shape index (κ3) is 6.15. The molecule has 3 nitrogen and oxygen atoms in total. The van der Waals surface area contributed by atoms with Crippen LogP contribution in [-0.4, -0.2) is 22.1 Å². The van der Waals surface area contributed by atoms with Crippen molar-refractivity contribution in [1.82, 2.24) is 0 Å². The molecule has 0 heterocycles. The predicted octanol–water partition coefficient (Wildman–Crippen LogP) is 8.06. The van der Waals surface area contributed by atoms with E-state index in [-0.39, 0.29) is 22.9 Å². The van der Waals surface area contributed by atoms with Crippen LogP contribution in [0.4, 0.5) is 8.78 Å². The molecule has 2 N–H and O–H groups in total. The molecule has 3 rings (SSSR count). The largest absolute Gasteiger partial charge is 0.508 e. The van der Waals surface area contributed by atoms with Crippen molar-refractivity contribution in [2.45, 2.75) is 53.6 Å². The number of aliphatic hydroxyl groups is 2. The van der Waals surface area contributed by atoms with Gasteiger partial charge >= 0.3 is 6.11 Å². The summed E-state index contributed by atoms with van der Waals surface area (Å²) >= 11 is 4.34. The zero-order valence-corrected chi connectivity index (χ0v) is 21.3. The van der Waals surface area contributed by atoms with Crippen LogP contribution in [0, 0.1) is 16.2 Å². The number of aliphatic hydroxyl groups excluding tert-OH is 2. The van der Waals surface area contributed by atoms with Crippen molar-refractivity contribution in [2.24, 2.45) is 16.2 Å². The first-order valence-electron chi connectivity index (χ1n) is 11.4. The molecule has 6 heteroatoms. The number of fused-ring (bicyclic) bond motifs is 1. The first-order chi connectivity index (χ1) is 15.6. The standard InChI is InChI=1S/C28H34F2O3S/c1-25(2)15-21(31)9-10-23(17-25)33-28(29,30)20-8-7-19-13-22(32)16-26(3,4)18-24(19)27(5,14-20)11-6-12-34/h7-10,13-18,31-32,34H,6,11-12H2,1-5H3. The molecule has 0 bridgehead atoms. The topological polar surface area (TPSA) is 49.7 Å². The van der Waals surface area contributed by atoms with Gasteiger partial charge in [0.2, 0.25) is 0 Å². The number of rotatable bonds is 6. The SMILES string of the molecule is CC1(C)C=C(O)C=CC(OC(F)(F)C2=CC(C)(CCCS)C3=CC(C)(C)C=C(O)C=C3C=C2)=C1. The van der Waals surface area contributed by atoms with Crippen LogP contribution in [0.15, 0.2) is 94.8 Å². The van der Waals surface area contributed by atoms with Gasteiger partial charge < -0.3 is 14.9 Å². The smallest absolute Gasteiger partial charge is 0.426 e. The Morgan fingerprint density at radius 2 is 1.50 bits per heavy atom. The van der Waals surface area contributed by atoms with Gasteiger partial charge in [0.15, 0.2) is 0 Å². The molecule has 184 valence electrons. The van der Waals surface area contributed by atoms with Crippen molar-refractivity contribution in [1.29, 1.82) is 0 Å². The molecule has 3 aliphatic rings. The molecule has 0 aromatic rings. The van der Waals surface area contributed by atoms with Gasteiger partial charge in [-0.3, -0.25) is 0 Å². The first-order valence-corrected chi connectivity index (χ1v) is 12.1. The lowest BCUT2D eigenvalue weighted by atomic mass is 9.72. The fourth-order valence-corrected chi connectivity index (χ4v) is 4.75. The minimum atomic E-state index is -3.62. The Labute approximate surface area is 206 Å². The molecule has 0 aliphatic heterocycles. The van der Waals surface area contributed by atoms with Crippen molar-refractivity contribution in [2.75, 3.05) is 5.75 Å². The Kier molecular flexibility index (Phi) is 7.14. The summed E-state index contributed by atoms with van der Waals surface area (Å²) in [6, 6.07) is 0. The highest BCUT2D eigenvalue weighted by atomic mass is 32.1. The van der Waals surface area contributed by atoms with Crippen LogP contribution in [0.25, 0.3) is 0 Å². The van der Waals surface area contributed by atoms with Crippen molar-refractivity contribution in [3.05, 3.63) is 94.8 Å². The lowest BCUT2D eigenvalue weighted by Crippen LogP contribution is -2.26. The van der Waals surface area contributed by atoms with E-state index in [2.05, 4.69) is 12.6 Å². The lowest BCUT2D eigenvalue weighted by Gasteiger charge is -2.32. The number of allylic oxidation sites excluding steroid dienone is 11. The van der Waals surface area contributed by atoms with Gasteiger partial charge in [0.1, 0.15) is 17.3 Å². The maximum atomic E-state index is 15.6. The van der Waals surface area contributed by atoms with Crippen LogP contribution in [0.2, 0.25) is 0 Å². The number of halogens is 2. The van der Waals surface area contributed by atoms with Crippen molar-refractivity contribution < 1.29 is 23.7 Å². The second kappa shape index (κ2) is 9.29. The van der Waals surface area contributed by atoms with E-state index in [0.29, 0.717) is 17.7 Å². The Balaban J connectivity index is 2.08. The molecule has 1 unspecified atom stereocenters. The molecule has 3 aliphatic carbocycles. The molecule has 0 aromatic heterocycles. The normalized spacial score (nSPS) is 25.9. The number of alkyl halides is 2. The van der Waals surface area contributed by atoms with E-state index >= 15 is 8.78 Å². The van der Waals surface area contributed by atoms with Crippen LogP contribution < -0.4 is 0 Å². The van der Waals surface area contributed by atoms with Crippen LogP contribution in [-0.2, 0) is 4.74 Å². The molecule has 0 saturated heterocycles. The quantitative estimate of drug-likeness (QED) is 0.331. The predicted molar refractivity (Wildman–Crippen MR) is 137 cm³/mol. The van der Waals surface area contributed by atoms with Crippen LogP contribution in [0.3, 0.4) is 0 Å². The van der Waals surface area contributed by atoms with E-state index in [1.807, 2.05) is 26.8 Å². The highest BCUT2D eigenvalue weighted by molar-refractivity contribution is 7.80. The molecule has 0 saturated carbocycles. The average Bonchev–Trinajstić information content (AvgIpc) is 2.96. The van der Waals surface area contributed by atoms with Gasteiger partial charge in [0, 0.05) is 16.2 Å². The minimum absolute atomic E-state index is 0.00874. The van der Waals surface area contributed by atoms with Crippen LogP contribution in [0.5, 0.6) is 0 Å². The van der Waals surface area contributed by atoms with E-state index in [9.17, 15) is 10.2 Å². The average molecular weight is 489 g/mol. The van der Waals surface area contributed by atoms with Crippen LogP contribution >= 0.6 is 12.6 Å². The summed E-state index contributed by atoms with van der Waals surface area (Å²) in [5.41, 5.74) is -0.549. The molecule has 0 fully saturated rings. The molecule has 1 atom stereocenters. The fraction of sp³-hybridized carbons (Fsp3) is 0.429. The summed E-state index contributed by atoms with van der Waals surface area (Å²) < 4.78 is 36.4. The second-order valence-corrected chi connectivity index (χ2v) is 11.1. The maximum absolute atomic E-state index is 15.6. The zero-order chi connectivity index (χ0) is 25.4. The van der Waals surface area contributed by atoms with Crippen molar-refractivity contribution in [3.63, 3.8) is 0 Å². The Morgan fingerprint density at radius 3 is 2.18 bits per heavy atom. The Morgan fingerprint density at radius 1 is 0.853 bits per heavy atom. The first kappa shape index (κ1) is 26.1. The monoisotopic (exact) mass is 488 g/mol. The summed E-state index contributed by atoms with van der Waals surface area (Å²) in [4.78, 5) is 0. The summed E-state index contributed by atoms with van der Waals surface area (Å²) in [6.45, 7) is 9.47. The van der Waals surface area contributed by atoms with Gasteiger partial charge in [-0.15, -0.1) is 0 Å². The lowest BCUT2D eigenvalue weighted by molar-refractivity contribution is -0.177. The molecule has 0 spiro atoms. The zero-order valence-electron chi connectivity index (χ0n) is 20.4. The Hall–Kier alpha value is -2.47. The number of hydrogen-bond donors (Lipinski definition) is 3. The summed E-state index contributed by atoms with van der Waals surface area (Å²) in [5, 5.41) is 20.3. The van der Waals surface area contributed by atoms with Crippen molar-refractivity contribution >= 4 is 12.6 Å². The molecular formula is C28H34F2O3S. The number of hydrogen-bond acceptors (Lipinski definition) is 4. The molecule has 0 aromatic carbocycles. The van der Waals surface area contributed by atoms with Gasteiger partial charge in [-0.1, -0.05) is 52.8 Å². The van der Waals surface area contributed by atoms with E-state index in [0.717, 1.165) is 12.0 Å². The van der Waals surface area contributed by atoms with Gasteiger partial charge in [-0.05, 0) is 72.3 Å². The van der Waals surface area contributed by atoms with E-state index in [4.69, 9.17) is 4.74 Å². The summed E-state index contributed by atoms with van der Waals surface area (Å²) in [7, 11) is 0. The third-order valence-electron chi connectivity index (χ3n) is 6.07. The molecule has 34 heavy (non-hydrogen) atoms. The third-order valence-corrected chi connectivity index (χ3v) is 6.39. The summed E-state index contributed by atoms with van der Waals surface area (Å²) in [5.74, 6) is 0.690. The highest BCUT2D eigenvalue weighted by Gasteiger charge is 2.42. The second-order valence-electron chi connectivity index (χ2n) is 10.6. The highest BCUT2D eigenvalue weighted by Crippen LogP contribution is 2.48. The molecular weight excluding hydrogens is 454 g/mol. The van der Waals surface area contributed by atoms with Gasteiger partial charge in [0.05, 0.1) is 5.57 Å². The number of thiol groups is 1. The Bertz CT molecular complexity index is 1080. The van der Waals surface area contributed by atoms with Gasteiger partial charge in [-0.25, -0.2) is 0 Å². The van der Waals surface area contributed by atoms with Gasteiger partial charge in [-0.2, -0.15) is 21.4 Å².